The molecule has 1 aromatic heterocycles. The third-order valence-corrected chi connectivity index (χ3v) is 8.48. The summed E-state index contributed by atoms with van der Waals surface area (Å²) in [5, 5.41) is 0. The molecule has 0 unspecified atom stereocenters. The van der Waals surface area contributed by atoms with Crippen molar-refractivity contribution >= 4 is 10.0 Å². The molecular formula is C29H37N3O2S. The fraction of sp³-hybridized carbons (Fsp3) is 0.414. The van der Waals surface area contributed by atoms with Gasteiger partial charge in [-0.2, -0.15) is 0 Å². The van der Waals surface area contributed by atoms with E-state index in [2.05, 4.69) is 78.9 Å². The first-order valence-electron chi connectivity index (χ1n) is 12.7. The van der Waals surface area contributed by atoms with Gasteiger partial charge in [0, 0.05) is 37.4 Å². The number of nitrogens with zero attached hydrogens (tertiary/aromatic N) is 2. The summed E-state index contributed by atoms with van der Waals surface area (Å²) in [4.78, 5) is 7.54. The predicted molar refractivity (Wildman–Crippen MR) is 144 cm³/mol. The summed E-state index contributed by atoms with van der Waals surface area (Å²) in [5.74, 6) is 0.0703. The number of sulfonamides is 1. The van der Waals surface area contributed by atoms with Gasteiger partial charge >= 0.3 is 0 Å². The monoisotopic (exact) mass is 491 g/mol. The molecule has 1 aliphatic heterocycles. The van der Waals surface area contributed by atoms with Crippen molar-refractivity contribution in [3.63, 3.8) is 0 Å². The number of fused-ring (bicyclic) bond motifs is 1. The Bertz CT molecular complexity index is 1280. The maximum atomic E-state index is 12.3. The predicted octanol–water partition coefficient (Wildman–Crippen LogP) is 5.18. The Morgan fingerprint density at radius 2 is 1.63 bits per heavy atom. The molecule has 0 spiro atoms. The summed E-state index contributed by atoms with van der Waals surface area (Å²) in [6.45, 7) is 11.0. The number of aryl methyl sites for hydroxylation is 3. The van der Waals surface area contributed by atoms with Crippen LogP contribution in [0.15, 0.2) is 48.5 Å². The molecule has 2 heterocycles. The van der Waals surface area contributed by atoms with Gasteiger partial charge in [-0.3, -0.25) is 9.88 Å². The second-order valence-electron chi connectivity index (χ2n) is 9.34. The van der Waals surface area contributed by atoms with E-state index in [0.717, 1.165) is 61.4 Å². The maximum absolute atomic E-state index is 12.3. The highest BCUT2D eigenvalue weighted by molar-refractivity contribution is 7.89. The second-order valence-corrected chi connectivity index (χ2v) is 11.4. The molecule has 0 bridgehead atoms. The highest BCUT2D eigenvalue weighted by Gasteiger charge is 2.21. The van der Waals surface area contributed by atoms with Gasteiger partial charge in [0.05, 0.1) is 11.4 Å². The molecule has 35 heavy (non-hydrogen) atoms. The Labute approximate surface area is 210 Å². The number of pyridine rings is 1. The number of hydrogen-bond acceptors (Lipinski definition) is 4. The molecule has 6 heteroatoms. The molecule has 1 N–H and O–H groups in total. The Kier molecular flexibility index (Phi) is 8.05. The van der Waals surface area contributed by atoms with Crippen molar-refractivity contribution in [2.75, 3.05) is 12.3 Å². The zero-order chi connectivity index (χ0) is 25.0. The molecule has 2 aromatic carbocycles. The number of nitrogens with one attached hydrogen (secondary N) is 1. The molecule has 5 nitrogen and oxygen atoms in total. The van der Waals surface area contributed by atoms with Crippen LogP contribution in [0.1, 0.15) is 59.8 Å². The van der Waals surface area contributed by atoms with Gasteiger partial charge in [0.1, 0.15) is 0 Å². The summed E-state index contributed by atoms with van der Waals surface area (Å²) >= 11 is 0. The first kappa shape index (κ1) is 25.5. The Hall–Kier alpha value is -2.54. The quantitative estimate of drug-likeness (QED) is 0.448. The molecule has 0 atom stereocenters. The van der Waals surface area contributed by atoms with Gasteiger partial charge in [0.15, 0.2) is 0 Å². The summed E-state index contributed by atoms with van der Waals surface area (Å²) in [6.07, 6.45) is 2.88. The largest absolute Gasteiger partial charge is 0.294 e. The van der Waals surface area contributed by atoms with Gasteiger partial charge in [-0.25, -0.2) is 13.1 Å². The van der Waals surface area contributed by atoms with E-state index in [9.17, 15) is 8.42 Å². The Morgan fingerprint density at radius 1 is 0.943 bits per heavy atom. The minimum atomic E-state index is -3.31. The van der Waals surface area contributed by atoms with Crippen LogP contribution in [0.2, 0.25) is 0 Å². The van der Waals surface area contributed by atoms with Crippen LogP contribution in [0.3, 0.4) is 0 Å². The standard InChI is InChI=1S/C29H37N3O2S/c1-5-22-13-10-14-23(6-2)29(22)28-17-26(18-30-35(33,34)7-3)27(21(4)31-28)20-32-16-15-24-11-8-9-12-25(24)19-32/h8-14,17,30H,5-7,15-16,18-20H2,1-4H3. The topological polar surface area (TPSA) is 62.3 Å². The van der Waals surface area contributed by atoms with Crippen molar-refractivity contribution in [2.24, 2.45) is 0 Å². The normalized spacial score (nSPS) is 14.2. The van der Waals surface area contributed by atoms with Crippen LogP contribution in [-0.4, -0.2) is 30.6 Å². The lowest BCUT2D eigenvalue weighted by Gasteiger charge is -2.30. The number of benzene rings is 2. The molecule has 0 radical (unpaired) electrons. The number of aromatic nitrogens is 1. The zero-order valence-corrected chi connectivity index (χ0v) is 22.2. The van der Waals surface area contributed by atoms with E-state index < -0.39 is 10.0 Å². The van der Waals surface area contributed by atoms with Crippen LogP contribution in [0, 0.1) is 6.92 Å². The van der Waals surface area contributed by atoms with Crippen molar-refractivity contribution < 1.29 is 8.42 Å². The summed E-state index contributed by atoms with van der Waals surface area (Å²) in [7, 11) is -3.31. The fourth-order valence-corrected chi connectivity index (χ4v) is 5.62. The van der Waals surface area contributed by atoms with E-state index in [1.54, 1.807) is 6.92 Å². The van der Waals surface area contributed by atoms with Crippen LogP contribution >= 0.6 is 0 Å². The molecule has 0 saturated heterocycles. The van der Waals surface area contributed by atoms with Crippen molar-refractivity contribution in [1.29, 1.82) is 0 Å². The van der Waals surface area contributed by atoms with E-state index in [0.29, 0.717) is 0 Å². The fourth-order valence-electron chi connectivity index (χ4n) is 5.04. The third kappa shape index (κ3) is 5.83. The maximum Gasteiger partial charge on any atom is 0.211 e. The minimum absolute atomic E-state index is 0.0703. The van der Waals surface area contributed by atoms with Gasteiger partial charge in [0.2, 0.25) is 10.0 Å². The Balaban J connectivity index is 1.74. The average Bonchev–Trinajstić information content (AvgIpc) is 2.88. The minimum Gasteiger partial charge on any atom is -0.294 e. The highest BCUT2D eigenvalue weighted by atomic mass is 32.2. The molecule has 0 saturated carbocycles. The molecule has 186 valence electrons. The van der Waals surface area contributed by atoms with E-state index in [1.165, 1.54) is 27.8 Å². The van der Waals surface area contributed by atoms with E-state index in [-0.39, 0.29) is 12.3 Å². The lowest BCUT2D eigenvalue weighted by atomic mass is 9.92. The highest BCUT2D eigenvalue weighted by Crippen LogP contribution is 2.31. The smallest absolute Gasteiger partial charge is 0.211 e. The van der Waals surface area contributed by atoms with Gasteiger partial charge in [0.25, 0.3) is 0 Å². The van der Waals surface area contributed by atoms with Crippen LogP contribution in [0.5, 0.6) is 0 Å². The molecule has 0 amide bonds. The van der Waals surface area contributed by atoms with E-state index >= 15 is 0 Å². The van der Waals surface area contributed by atoms with Crippen molar-refractivity contribution in [2.45, 2.75) is 66.6 Å². The molecule has 3 aromatic rings. The molecule has 1 aliphatic rings. The summed E-state index contributed by atoms with van der Waals surface area (Å²) in [5.41, 5.74) is 10.6. The number of rotatable bonds is 9. The van der Waals surface area contributed by atoms with Crippen LogP contribution < -0.4 is 4.72 Å². The molecular weight excluding hydrogens is 454 g/mol. The zero-order valence-electron chi connectivity index (χ0n) is 21.4. The van der Waals surface area contributed by atoms with Gasteiger partial charge < -0.3 is 0 Å². The molecule has 0 aliphatic carbocycles. The molecule has 0 fully saturated rings. The third-order valence-electron chi connectivity index (χ3n) is 7.13. The van der Waals surface area contributed by atoms with Crippen LogP contribution in [0.4, 0.5) is 0 Å². The van der Waals surface area contributed by atoms with Crippen molar-refractivity contribution in [1.82, 2.24) is 14.6 Å². The lowest BCUT2D eigenvalue weighted by molar-refractivity contribution is 0.244. The van der Waals surface area contributed by atoms with E-state index in [4.69, 9.17) is 4.98 Å². The van der Waals surface area contributed by atoms with Gasteiger partial charge in [-0.05, 0) is 72.6 Å². The first-order valence-corrected chi connectivity index (χ1v) is 14.4. The SMILES string of the molecule is CCc1cccc(CC)c1-c1cc(CNS(=O)(=O)CC)c(CN2CCc3ccccc3C2)c(C)n1. The Morgan fingerprint density at radius 3 is 2.29 bits per heavy atom. The first-order chi connectivity index (χ1) is 16.8. The summed E-state index contributed by atoms with van der Waals surface area (Å²) < 4.78 is 27.4. The number of hydrogen-bond donors (Lipinski definition) is 1. The second kappa shape index (κ2) is 11.0. The molecule has 4 rings (SSSR count). The van der Waals surface area contributed by atoms with E-state index in [1.807, 2.05) is 0 Å². The van der Waals surface area contributed by atoms with Gasteiger partial charge in [-0.1, -0.05) is 56.3 Å². The van der Waals surface area contributed by atoms with Crippen molar-refractivity contribution in [3.8, 4) is 11.3 Å². The lowest BCUT2D eigenvalue weighted by Crippen LogP contribution is -2.31. The van der Waals surface area contributed by atoms with Crippen LogP contribution in [-0.2, 0) is 48.9 Å². The summed E-state index contributed by atoms with van der Waals surface area (Å²) in [6, 6.07) is 17.2. The van der Waals surface area contributed by atoms with Crippen molar-refractivity contribution in [3.05, 3.63) is 87.6 Å². The average molecular weight is 492 g/mol. The van der Waals surface area contributed by atoms with Crippen LogP contribution in [0.25, 0.3) is 11.3 Å². The van der Waals surface area contributed by atoms with Gasteiger partial charge in [-0.15, -0.1) is 0 Å².